The van der Waals surface area contributed by atoms with Crippen LogP contribution in [0.5, 0.6) is 5.75 Å². The lowest BCUT2D eigenvalue weighted by Crippen LogP contribution is -2.62. The van der Waals surface area contributed by atoms with Crippen molar-refractivity contribution in [3.05, 3.63) is 41.5 Å². The quantitative estimate of drug-likeness (QED) is 0.343. The number of carboxylic acid groups (broad SMARTS) is 1. The van der Waals surface area contributed by atoms with Gasteiger partial charge in [-0.1, -0.05) is 31.6 Å². The fraction of sp³-hybridized carbons (Fsp3) is 0.625. The molecule has 0 amide bonds. The zero-order valence-corrected chi connectivity index (χ0v) is 23.7. The molecule has 0 saturated heterocycles. The van der Waals surface area contributed by atoms with Crippen LogP contribution < -0.4 is 0 Å². The first-order chi connectivity index (χ1) is 19.3. The molecule has 1 aromatic rings. The average molecular weight is 569 g/mol. The first-order valence-electron chi connectivity index (χ1n) is 14.6. The monoisotopic (exact) mass is 568 g/mol. The van der Waals surface area contributed by atoms with Crippen molar-refractivity contribution in [2.45, 2.75) is 89.3 Å². The Kier molecular flexibility index (Phi) is 7.66. The highest BCUT2D eigenvalue weighted by molar-refractivity contribution is 5.92. The molecule has 4 N–H and O–H groups in total. The van der Waals surface area contributed by atoms with Crippen molar-refractivity contribution in [3.8, 4) is 5.75 Å². The van der Waals surface area contributed by atoms with Crippen molar-refractivity contribution in [2.24, 2.45) is 28.6 Å². The summed E-state index contributed by atoms with van der Waals surface area (Å²) < 4.78 is 5.30. The number of phenols is 1. The molecule has 3 saturated carbocycles. The molecule has 5 rings (SSSR count). The number of carboxylic acids is 1. The predicted molar refractivity (Wildman–Crippen MR) is 147 cm³/mol. The van der Waals surface area contributed by atoms with E-state index < -0.39 is 47.4 Å². The maximum atomic E-state index is 13.5. The van der Waals surface area contributed by atoms with Gasteiger partial charge in [0.05, 0.1) is 18.9 Å². The third-order valence-corrected chi connectivity index (χ3v) is 11.1. The van der Waals surface area contributed by atoms with Gasteiger partial charge in [-0.25, -0.2) is 0 Å². The van der Waals surface area contributed by atoms with E-state index in [1.54, 1.807) is 18.2 Å². The van der Waals surface area contributed by atoms with Gasteiger partial charge in [0.2, 0.25) is 5.78 Å². The van der Waals surface area contributed by atoms with Crippen LogP contribution in [-0.2, 0) is 23.9 Å². The van der Waals surface area contributed by atoms with Gasteiger partial charge >= 0.3 is 11.9 Å². The molecule has 0 aromatic heterocycles. The zero-order chi connectivity index (χ0) is 29.7. The summed E-state index contributed by atoms with van der Waals surface area (Å²) >= 11 is 0. The lowest BCUT2D eigenvalue weighted by molar-refractivity contribution is -0.184. The number of ether oxygens (including phenoxy) is 1. The number of allylic oxidation sites excluding steroid dienone is 1. The number of hydrogen-bond donors (Lipinski definition) is 4. The van der Waals surface area contributed by atoms with Crippen LogP contribution in [0.15, 0.2) is 35.9 Å². The first kappa shape index (κ1) is 29.5. The summed E-state index contributed by atoms with van der Waals surface area (Å²) in [5, 5.41) is 42.2. The highest BCUT2D eigenvalue weighted by atomic mass is 16.5. The molecular formula is C32H40O9. The minimum Gasteiger partial charge on any atom is -0.508 e. The van der Waals surface area contributed by atoms with Crippen LogP contribution in [0.2, 0.25) is 0 Å². The molecule has 3 fully saturated rings. The van der Waals surface area contributed by atoms with E-state index in [0.717, 1.165) is 18.4 Å². The Morgan fingerprint density at radius 3 is 2.44 bits per heavy atom. The Morgan fingerprint density at radius 2 is 1.76 bits per heavy atom. The number of Topliss-reactive ketones (excluding diaryl/α,β-unsaturated/α-hetero) is 1. The van der Waals surface area contributed by atoms with Gasteiger partial charge < -0.3 is 25.2 Å². The lowest BCUT2D eigenvalue weighted by atomic mass is 9.45. The largest absolute Gasteiger partial charge is 0.508 e. The minimum atomic E-state index is -1.76. The van der Waals surface area contributed by atoms with Gasteiger partial charge in [0.1, 0.15) is 11.4 Å². The summed E-state index contributed by atoms with van der Waals surface area (Å²) in [6, 6.07) is 5.90. The number of esters is 1. The SMILES string of the molecule is C[C@]12CCC(=O)C=C1CC[C@@H]1[C@@H]2[C@@H](O)C[C@@]2(C)[C@H]1CC[C@]2(O)C(=O)COC(=O)CC(CC(=O)O)c1ccc(O)cc1. The number of hydrogen-bond acceptors (Lipinski definition) is 8. The van der Waals surface area contributed by atoms with E-state index >= 15 is 0 Å². The molecule has 0 aliphatic heterocycles. The fourth-order valence-corrected chi connectivity index (χ4v) is 8.94. The van der Waals surface area contributed by atoms with Crippen LogP contribution >= 0.6 is 0 Å². The molecule has 0 bridgehead atoms. The summed E-state index contributed by atoms with van der Waals surface area (Å²) in [6.07, 6.45) is 4.22. The maximum absolute atomic E-state index is 13.5. The van der Waals surface area contributed by atoms with Gasteiger partial charge in [0.25, 0.3) is 0 Å². The van der Waals surface area contributed by atoms with Gasteiger partial charge in [-0.05, 0) is 85.5 Å². The normalized spacial score (nSPS) is 36.8. The molecule has 41 heavy (non-hydrogen) atoms. The number of rotatable bonds is 8. The molecule has 9 heteroatoms. The Balaban J connectivity index is 1.28. The fourth-order valence-electron chi connectivity index (χ4n) is 8.94. The van der Waals surface area contributed by atoms with E-state index in [4.69, 9.17) is 4.74 Å². The molecule has 222 valence electrons. The summed E-state index contributed by atoms with van der Waals surface area (Å²) in [4.78, 5) is 49.8. The molecular weight excluding hydrogens is 528 g/mol. The second kappa shape index (κ2) is 10.7. The highest BCUT2D eigenvalue weighted by Crippen LogP contribution is 2.67. The van der Waals surface area contributed by atoms with E-state index in [9.17, 15) is 39.6 Å². The number of fused-ring (bicyclic) bond motifs is 5. The van der Waals surface area contributed by atoms with Gasteiger partial charge in [-0.3, -0.25) is 19.2 Å². The van der Waals surface area contributed by atoms with E-state index in [0.29, 0.717) is 24.8 Å². The molecule has 0 spiro atoms. The molecule has 4 aliphatic carbocycles. The van der Waals surface area contributed by atoms with E-state index in [1.165, 1.54) is 12.1 Å². The molecule has 9 nitrogen and oxygen atoms in total. The lowest BCUT2D eigenvalue weighted by Gasteiger charge is -2.60. The van der Waals surface area contributed by atoms with Crippen LogP contribution in [0, 0.1) is 28.6 Å². The van der Waals surface area contributed by atoms with Gasteiger partial charge in [0, 0.05) is 17.8 Å². The Labute approximate surface area is 239 Å². The smallest absolute Gasteiger partial charge is 0.306 e. The maximum Gasteiger partial charge on any atom is 0.306 e. The van der Waals surface area contributed by atoms with Crippen molar-refractivity contribution < 1.29 is 44.3 Å². The Morgan fingerprint density at radius 1 is 1.05 bits per heavy atom. The number of carbonyl (C=O) groups excluding carboxylic acids is 3. The topological polar surface area (TPSA) is 158 Å². The second-order valence-electron chi connectivity index (χ2n) is 13.2. The molecule has 1 unspecified atom stereocenters. The predicted octanol–water partition coefficient (Wildman–Crippen LogP) is 3.69. The zero-order valence-electron chi connectivity index (χ0n) is 23.7. The number of ketones is 2. The summed E-state index contributed by atoms with van der Waals surface area (Å²) in [7, 11) is 0. The van der Waals surface area contributed by atoms with Crippen molar-refractivity contribution >= 4 is 23.5 Å². The third kappa shape index (κ3) is 5.01. The molecule has 0 radical (unpaired) electrons. The molecule has 8 atom stereocenters. The van der Waals surface area contributed by atoms with Crippen molar-refractivity contribution in [2.75, 3.05) is 6.61 Å². The minimum absolute atomic E-state index is 0.00555. The Bertz CT molecular complexity index is 1270. The van der Waals surface area contributed by atoms with Crippen LogP contribution in [0.4, 0.5) is 0 Å². The van der Waals surface area contributed by atoms with Crippen molar-refractivity contribution in [1.29, 1.82) is 0 Å². The highest BCUT2D eigenvalue weighted by Gasteiger charge is 2.68. The molecule has 1 aromatic carbocycles. The van der Waals surface area contributed by atoms with Crippen molar-refractivity contribution in [1.82, 2.24) is 0 Å². The third-order valence-electron chi connectivity index (χ3n) is 11.1. The van der Waals surface area contributed by atoms with Gasteiger partial charge in [-0.15, -0.1) is 0 Å². The summed E-state index contributed by atoms with van der Waals surface area (Å²) in [6.45, 7) is 3.38. The number of aliphatic carboxylic acids is 1. The molecule has 4 aliphatic rings. The Hall–Kier alpha value is -3.04. The van der Waals surface area contributed by atoms with Crippen LogP contribution in [0.25, 0.3) is 0 Å². The van der Waals surface area contributed by atoms with Gasteiger partial charge in [-0.2, -0.15) is 0 Å². The standard InChI is InChI=1S/C32H40O9/c1-30-11-9-22(34)15-20(30)5-8-23-24-10-12-32(40,31(24,2)16-25(35)29(23)30)26(36)17-41-28(39)14-19(13-27(37)38)18-3-6-21(33)7-4-18/h3-4,6-7,15,19,23-25,29,33,35,40H,5,8-14,16-17H2,1-2H3,(H,37,38)/t19?,23-,24-,25-,29+,30-,31-,32-/m0/s1. The van der Waals surface area contributed by atoms with Crippen LogP contribution in [-0.4, -0.2) is 62.2 Å². The average Bonchev–Trinajstić information content (AvgIpc) is 3.18. The van der Waals surface area contributed by atoms with Gasteiger partial charge in [0.15, 0.2) is 12.4 Å². The molecule has 0 heterocycles. The van der Waals surface area contributed by atoms with E-state index in [-0.39, 0.29) is 60.4 Å². The van der Waals surface area contributed by atoms with Crippen LogP contribution in [0.1, 0.15) is 83.1 Å². The summed E-state index contributed by atoms with van der Waals surface area (Å²) in [5.74, 6) is -2.95. The second-order valence-corrected chi connectivity index (χ2v) is 13.2. The number of aliphatic hydroxyl groups excluding tert-OH is 1. The number of aliphatic hydroxyl groups is 2. The first-order valence-corrected chi connectivity index (χ1v) is 14.6. The summed E-state index contributed by atoms with van der Waals surface area (Å²) in [5.41, 5.74) is -1.27. The van der Waals surface area contributed by atoms with E-state index in [1.807, 2.05) is 6.92 Å². The number of carbonyl (C=O) groups is 4. The van der Waals surface area contributed by atoms with E-state index in [2.05, 4.69) is 6.92 Å². The number of benzene rings is 1. The van der Waals surface area contributed by atoms with Crippen LogP contribution in [0.3, 0.4) is 0 Å². The number of phenolic OH excluding ortho intramolecular Hbond substituents is 1. The number of aromatic hydroxyl groups is 1. The van der Waals surface area contributed by atoms with Crippen molar-refractivity contribution in [3.63, 3.8) is 0 Å².